The van der Waals surface area contributed by atoms with E-state index in [-0.39, 0.29) is 6.09 Å². The number of nitrogens with zero attached hydrogens (tertiary/aromatic N) is 1. The van der Waals surface area contributed by atoms with Gasteiger partial charge in [0.05, 0.1) is 12.7 Å². The van der Waals surface area contributed by atoms with Gasteiger partial charge in [0.2, 0.25) is 0 Å². The number of ether oxygens (including phenoxy) is 2. The Kier molecular flexibility index (Phi) is 4.84. The van der Waals surface area contributed by atoms with E-state index in [9.17, 15) is 9.90 Å². The molecule has 0 radical (unpaired) electrons. The van der Waals surface area contributed by atoms with Crippen molar-refractivity contribution in [3.63, 3.8) is 0 Å². The summed E-state index contributed by atoms with van der Waals surface area (Å²) >= 11 is 0. The van der Waals surface area contributed by atoms with Crippen molar-refractivity contribution in [3.05, 3.63) is 42.0 Å². The summed E-state index contributed by atoms with van der Waals surface area (Å²) in [7, 11) is 1.65. The van der Waals surface area contributed by atoms with Crippen molar-refractivity contribution in [1.82, 2.24) is 4.90 Å². The van der Waals surface area contributed by atoms with E-state index in [0.717, 1.165) is 22.1 Å². The lowest BCUT2D eigenvalue weighted by Crippen LogP contribution is -2.46. The van der Waals surface area contributed by atoms with Gasteiger partial charge in [-0.1, -0.05) is 24.3 Å². The summed E-state index contributed by atoms with van der Waals surface area (Å²) in [4.78, 5) is 13.9. The van der Waals surface area contributed by atoms with Gasteiger partial charge in [-0.2, -0.15) is 0 Å². The lowest BCUT2D eigenvalue weighted by molar-refractivity contribution is -0.0355. The van der Waals surface area contributed by atoms with Crippen LogP contribution in [-0.2, 0) is 10.3 Å². The number of fused-ring (bicyclic) bond motifs is 1. The van der Waals surface area contributed by atoms with Crippen LogP contribution in [0, 0.1) is 0 Å². The Morgan fingerprint density at radius 1 is 1.15 bits per heavy atom. The number of carbonyl (C=O) groups is 1. The first-order valence-electron chi connectivity index (χ1n) is 8.99. The maximum atomic E-state index is 12.2. The molecule has 2 aromatic rings. The maximum Gasteiger partial charge on any atom is 0.410 e. The van der Waals surface area contributed by atoms with Gasteiger partial charge in [-0.05, 0) is 56.7 Å². The van der Waals surface area contributed by atoms with Gasteiger partial charge in [-0.3, -0.25) is 0 Å². The van der Waals surface area contributed by atoms with Crippen molar-refractivity contribution >= 4 is 16.9 Å². The minimum atomic E-state index is -0.951. The Bertz CT molecular complexity index is 801. The summed E-state index contributed by atoms with van der Waals surface area (Å²) in [5.74, 6) is 0.791. The molecule has 1 aliphatic rings. The monoisotopic (exact) mass is 357 g/mol. The summed E-state index contributed by atoms with van der Waals surface area (Å²) in [6, 6.07) is 11.9. The highest BCUT2D eigenvalue weighted by molar-refractivity contribution is 5.89. The zero-order chi connectivity index (χ0) is 18.9. The quantitative estimate of drug-likeness (QED) is 0.880. The molecule has 2 aromatic carbocycles. The highest BCUT2D eigenvalue weighted by Gasteiger charge is 2.36. The molecular formula is C21H27NO4. The fourth-order valence-electron chi connectivity index (χ4n) is 3.39. The Morgan fingerprint density at radius 3 is 2.46 bits per heavy atom. The molecule has 0 unspecified atom stereocenters. The molecular weight excluding hydrogens is 330 g/mol. The molecule has 3 rings (SSSR count). The summed E-state index contributed by atoms with van der Waals surface area (Å²) < 4.78 is 10.9. The van der Waals surface area contributed by atoms with Crippen LogP contribution >= 0.6 is 0 Å². The molecule has 1 amide bonds. The van der Waals surface area contributed by atoms with Crippen LogP contribution in [0.3, 0.4) is 0 Å². The largest absolute Gasteiger partial charge is 0.496 e. The van der Waals surface area contributed by atoms with Crippen LogP contribution in [0.15, 0.2) is 36.4 Å². The average Bonchev–Trinajstić information content (AvgIpc) is 2.59. The number of piperidine rings is 1. The molecule has 0 aromatic heterocycles. The number of hydrogen-bond donors (Lipinski definition) is 1. The molecule has 1 fully saturated rings. The molecule has 1 N–H and O–H groups in total. The second kappa shape index (κ2) is 6.80. The molecule has 0 spiro atoms. The van der Waals surface area contributed by atoms with Gasteiger partial charge in [0.1, 0.15) is 11.4 Å². The fraction of sp³-hybridized carbons (Fsp3) is 0.476. The lowest BCUT2D eigenvalue weighted by atomic mass is 9.83. The number of rotatable bonds is 2. The van der Waals surface area contributed by atoms with E-state index in [1.54, 1.807) is 12.0 Å². The predicted octanol–water partition coefficient (Wildman–Crippen LogP) is 4.07. The van der Waals surface area contributed by atoms with Crippen LogP contribution in [-0.4, -0.2) is 41.9 Å². The molecule has 1 aliphatic heterocycles. The van der Waals surface area contributed by atoms with Crippen LogP contribution in [0.25, 0.3) is 10.8 Å². The standard InChI is InChI=1S/C21H27NO4/c1-20(2,3)26-19(23)22-12-10-21(24,11-13-22)16-9-8-15-6-5-7-18(25-4)17(15)14-16/h5-9,14,24H,10-13H2,1-4H3. The second-order valence-electron chi connectivity index (χ2n) is 7.90. The third-order valence-corrected chi connectivity index (χ3v) is 4.84. The average molecular weight is 357 g/mol. The van der Waals surface area contributed by atoms with Crippen molar-refractivity contribution in [2.24, 2.45) is 0 Å². The van der Waals surface area contributed by atoms with E-state index in [4.69, 9.17) is 9.47 Å². The molecule has 0 atom stereocenters. The topological polar surface area (TPSA) is 59.0 Å². The number of benzene rings is 2. The van der Waals surface area contributed by atoms with Crippen molar-refractivity contribution in [1.29, 1.82) is 0 Å². The normalized spacial score (nSPS) is 17.2. The van der Waals surface area contributed by atoms with Gasteiger partial charge in [0.15, 0.2) is 0 Å². The highest BCUT2D eigenvalue weighted by atomic mass is 16.6. The number of hydrogen-bond acceptors (Lipinski definition) is 4. The molecule has 0 aliphatic carbocycles. The number of likely N-dealkylation sites (tertiary alicyclic amines) is 1. The highest BCUT2D eigenvalue weighted by Crippen LogP contribution is 2.36. The van der Waals surface area contributed by atoms with Crippen molar-refractivity contribution in [2.75, 3.05) is 20.2 Å². The van der Waals surface area contributed by atoms with Gasteiger partial charge < -0.3 is 19.5 Å². The van der Waals surface area contributed by atoms with Gasteiger partial charge in [-0.15, -0.1) is 0 Å². The van der Waals surface area contributed by atoms with Crippen molar-refractivity contribution in [3.8, 4) is 5.75 Å². The summed E-state index contributed by atoms with van der Waals surface area (Å²) in [5, 5.41) is 13.2. The number of aliphatic hydroxyl groups is 1. The van der Waals surface area contributed by atoms with E-state index < -0.39 is 11.2 Å². The van der Waals surface area contributed by atoms with Gasteiger partial charge in [0.25, 0.3) is 0 Å². The number of methoxy groups -OCH3 is 1. The Balaban J connectivity index is 1.78. The summed E-state index contributed by atoms with van der Waals surface area (Å²) in [6.07, 6.45) is 0.638. The zero-order valence-electron chi connectivity index (χ0n) is 15.9. The minimum absolute atomic E-state index is 0.320. The predicted molar refractivity (Wildman–Crippen MR) is 101 cm³/mol. The first-order valence-corrected chi connectivity index (χ1v) is 8.99. The third-order valence-electron chi connectivity index (χ3n) is 4.84. The first kappa shape index (κ1) is 18.5. The van der Waals surface area contributed by atoms with Crippen molar-refractivity contribution in [2.45, 2.75) is 44.8 Å². The SMILES string of the molecule is COc1cccc2ccc(C3(O)CCN(C(=O)OC(C)(C)C)CC3)cc12. The first-order chi connectivity index (χ1) is 12.2. The molecule has 1 heterocycles. The van der Waals surface area contributed by atoms with Gasteiger partial charge in [-0.25, -0.2) is 4.79 Å². The third kappa shape index (κ3) is 3.78. The number of amides is 1. The molecule has 1 saturated heterocycles. The van der Waals surface area contributed by atoms with E-state index >= 15 is 0 Å². The molecule has 26 heavy (non-hydrogen) atoms. The van der Waals surface area contributed by atoms with Crippen LogP contribution in [0.2, 0.25) is 0 Å². The van der Waals surface area contributed by atoms with E-state index in [1.807, 2.05) is 57.2 Å². The maximum absolute atomic E-state index is 12.2. The second-order valence-corrected chi connectivity index (χ2v) is 7.90. The zero-order valence-corrected chi connectivity index (χ0v) is 15.9. The minimum Gasteiger partial charge on any atom is -0.496 e. The number of carbonyl (C=O) groups excluding carboxylic acids is 1. The molecule has 140 valence electrons. The Hall–Kier alpha value is -2.27. The van der Waals surface area contributed by atoms with E-state index in [0.29, 0.717) is 25.9 Å². The Labute approximate surface area is 154 Å². The Morgan fingerprint density at radius 2 is 1.85 bits per heavy atom. The van der Waals surface area contributed by atoms with E-state index in [1.165, 1.54) is 0 Å². The molecule has 0 bridgehead atoms. The molecule has 0 saturated carbocycles. The van der Waals surface area contributed by atoms with Gasteiger partial charge >= 0.3 is 6.09 Å². The van der Waals surface area contributed by atoms with Crippen molar-refractivity contribution < 1.29 is 19.4 Å². The van der Waals surface area contributed by atoms with Crippen LogP contribution < -0.4 is 4.74 Å². The molecule has 5 nitrogen and oxygen atoms in total. The van der Waals surface area contributed by atoms with Gasteiger partial charge in [0, 0.05) is 18.5 Å². The van der Waals surface area contributed by atoms with Crippen LogP contribution in [0.4, 0.5) is 4.79 Å². The summed E-state index contributed by atoms with van der Waals surface area (Å²) in [5.41, 5.74) is -0.605. The molecule has 5 heteroatoms. The van der Waals surface area contributed by atoms with Crippen LogP contribution in [0.1, 0.15) is 39.2 Å². The lowest BCUT2D eigenvalue weighted by Gasteiger charge is -2.39. The van der Waals surface area contributed by atoms with E-state index in [2.05, 4.69) is 0 Å². The smallest absolute Gasteiger partial charge is 0.410 e. The summed E-state index contributed by atoms with van der Waals surface area (Å²) in [6.45, 7) is 6.50. The fourth-order valence-corrected chi connectivity index (χ4v) is 3.39. The van der Waals surface area contributed by atoms with Crippen LogP contribution in [0.5, 0.6) is 5.75 Å².